The zero-order valence-corrected chi connectivity index (χ0v) is 11.9. The molecule has 1 aliphatic rings. The molecule has 1 aromatic carbocycles. The predicted octanol–water partition coefficient (Wildman–Crippen LogP) is 0.928. The van der Waals surface area contributed by atoms with Crippen LogP contribution in [-0.2, 0) is 23.0 Å². The van der Waals surface area contributed by atoms with E-state index < -0.39 is 10.0 Å². The standard InChI is InChI=1S/C13H16N4O2S/c1-9-13(11(8-14)16-15-9)20(18,19)17-7-6-10-4-2-3-5-12(10)17/h2-5H,6-8,14H2,1H3,(H,15,16). The van der Waals surface area contributed by atoms with Crippen LogP contribution >= 0.6 is 0 Å². The Bertz CT molecular complexity index is 751. The first-order chi connectivity index (χ1) is 9.55. The van der Waals surface area contributed by atoms with Crippen molar-refractivity contribution >= 4 is 15.7 Å². The highest BCUT2D eigenvalue weighted by molar-refractivity contribution is 7.93. The number of rotatable bonds is 3. The maximum absolute atomic E-state index is 12.9. The summed E-state index contributed by atoms with van der Waals surface area (Å²) in [6.45, 7) is 2.24. The fraction of sp³-hybridized carbons (Fsp3) is 0.308. The normalized spacial score (nSPS) is 14.6. The number of fused-ring (bicyclic) bond motifs is 1. The lowest BCUT2D eigenvalue weighted by Gasteiger charge is -2.19. The molecule has 0 radical (unpaired) electrons. The number of aromatic nitrogens is 2. The summed E-state index contributed by atoms with van der Waals surface area (Å²) in [7, 11) is -3.62. The van der Waals surface area contributed by atoms with Crippen LogP contribution in [0.25, 0.3) is 0 Å². The van der Waals surface area contributed by atoms with Crippen molar-refractivity contribution in [3.8, 4) is 0 Å². The van der Waals surface area contributed by atoms with Gasteiger partial charge in [0.15, 0.2) is 0 Å². The quantitative estimate of drug-likeness (QED) is 0.880. The molecule has 0 unspecified atom stereocenters. The van der Waals surface area contributed by atoms with Gasteiger partial charge in [0, 0.05) is 13.1 Å². The van der Waals surface area contributed by atoms with Crippen molar-refractivity contribution in [2.24, 2.45) is 5.73 Å². The van der Waals surface area contributed by atoms with E-state index in [1.807, 2.05) is 24.3 Å². The van der Waals surface area contributed by atoms with Crippen molar-refractivity contribution in [1.82, 2.24) is 10.2 Å². The van der Waals surface area contributed by atoms with Crippen molar-refractivity contribution in [2.45, 2.75) is 24.8 Å². The van der Waals surface area contributed by atoms with Crippen molar-refractivity contribution in [3.05, 3.63) is 41.2 Å². The number of sulfonamides is 1. The molecule has 0 fully saturated rings. The van der Waals surface area contributed by atoms with Gasteiger partial charge in [-0.1, -0.05) is 18.2 Å². The topological polar surface area (TPSA) is 92.1 Å². The van der Waals surface area contributed by atoms with Crippen LogP contribution in [0.5, 0.6) is 0 Å². The van der Waals surface area contributed by atoms with E-state index in [2.05, 4.69) is 10.2 Å². The lowest BCUT2D eigenvalue weighted by atomic mass is 10.2. The molecule has 2 heterocycles. The van der Waals surface area contributed by atoms with Gasteiger partial charge in [-0.05, 0) is 25.0 Å². The first kappa shape index (κ1) is 13.1. The van der Waals surface area contributed by atoms with Crippen LogP contribution in [0, 0.1) is 6.92 Å². The maximum Gasteiger partial charge on any atom is 0.268 e. The third kappa shape index (κ3) is 1.82. The Balaban J connectivity index is 2.13. The average Bonchev–Trinajstić information content (AvgIpc) is 3.02. The highest BCUT2D eigenvalue weighted by Gasteiger charge is 2.34. The summed E-state index contributed by atoms with van der Waals surface area (Å²) in [4.78, 5) is 0.205. The van der Waals surface area contributed by atoms with Gasteiger partial charge in [-0.3, -0.25) is 9.40 Å². The predicted molar refractivity (Wildman–Crippen MR) is 75.9 cm³/mol. The van der Waals surface area contributed by atoms with Crippen molar-refractivity contribution in [3.63, 3.8) is 0 Å². The van der Waals surface area contributed by atoms with Crippen LogP contribution in [0.3, 0.4) is 0 Å². The SMILES string of the molecule is Cc1[nH]nc(CN)c1S(=O)(=O)N1CCc2ccccc21. The monoisotopic (exact) mass is 292 g/mol. The zero-order chi connectivity index (χ0) is 14.3. The second-order valence-corrected chi connectivity index (χ2v) is 6.58. The zero-order valence-electron chi connectivity index (χ0n) is 11.1. The molecular formula is C13H16N4O2S. The van der Waals surface area contributed by atoms with E-state index in [1.165, 1.54) is 4.31 Å². The third-order valence-corrected chi connectivity index (χ3v) is 5.56. The highest BCUT2D eigenvalue weighted by atomic mass is 32.2. The van der Waals surface area contributed by atoms with Crippen molar-refractivity contribution < 1.29 is 8.42 Å². The highest BCUT2D eigenvalue weighted by Crippen LogP contribution is 2.34. The number of para-hydroxylation sites is 1. The molecule has 3 rings (SSSR count). The second kappa shape index (κ2) is 4.60. The molecule has 0 saturated carbocycles. The summed E-state index contributed by atoms with van der Waals surface area (Å²) in [5.74, 6) is 0. The number of nitrogens with zero attached hydrogens (tertiary/aromatic N) is 2. The van der Waals surface area contributed by atoms with E-state index in [4.69, 9.17) is 5.73 Å². The molecule has 2 aromatic rings. The Hall–Kier alpha value is -1.86. The molecule has 1 aromatic heterocycles. The molecule has 20 heavy (non-hydrogen) atoms. The molecule has 0 aliphatic carbocycles. The number of H-pyrrole nitrogens is 1. The minimum absolute atomic E-state index is 0.0917. The van der Waals surface area contributed by atoms with Crippen LogP contribution in [0.1, 0.15) is 17.0 Å². The lowest BCUT2D eigenvalue weighted by molar-refractivity contribution is 0.590. The van der Waals surface area contributed by atoms with Gasteiger partial charge in [0.05, 0.1) is 17.1 Å². The van der Waals surface area contributed by atoms with Crippen molar-refractivity contribution in [2.75, 3.05) is 10.8 Å². The molecule has 0 atom stereocenters. The van der Waals surface area contributed by atoms with Crippen LogP contribution in [0.4, 0.5) is 5.69 Å². The number of aryl methyl sites for hydroxylation is 1. The molecular weight excluding hydrogens is 276 g/mol. The molecule has 0 bridgehead atoms. The van der Waals surface area contributed by atoms with Gasteiger partial charge in [-0.25, -0.2) is 8.42 Å². The van der Waals surface area contributed by atoms with Gasteiger partial charge < -0.3 is 5.73 Å². The summed E-state index contributed by atoms with van der Waals surface area (Å²) in [6, 6.07) is 7.55. The first-order valence-corrected chi connectivity index (χ1v) is 7.84. The lowest BCUT2D eigenvalue weighted by Crippen LogP contribution is -2.30. The number of aromatic amines is 1. The molecule has 6 nitrogen and oxygen atoms in total. The third-order valence-electron chi connectivity index (χ3n) is 3.55. The molecule has 0 amide bonds. The largest absolute Gasteiger partial charge is 0.325 e. The van der Waals surface area contributed by atoms with E-state index in [-0.39, 0.29) is 11.4 Å². The number of nitrogens with two attached hydrogens (primary N) is 1. The summed E-state index contributed by atoms with van der Waals surface area (Å²) in [5, 5.41) is 6.68. The molecule has 106 valence electrons. The second-order valence-electron chi connectivity index (χ2n) is 4.78. The Labute approximate surface area is 117 Å². The number of anilines is 1. The molecule has 0 spiro atoms. The Morgan fingerprint density at radius 1 is 1.40 bits per heavy atom. The average molecular weight is 292 g/mol. The Morgan fingerprint density at radius 3 is 2.90 bits per heavy atom. The smallest absolute Gasteiger partial charge is 0.268 e. The number of benzene rings is 1. The van der Waals surface area contributed by atoms with E-state index in [1.54, 1.807) is 6.92 Å². The molecule has 7 heteroatoms. The van der Waals surface area contributed by atoms with Crippen LogP contribution in [-0.4, -0.2) is 25.2 Å². The number of nitrogens with one attached hydrogen (secondary N) is 1. The van der Waals surface area contributed by atoms with E-state index in [0.29, 0.717) is 17.9 Å². The van der Waals surface area contributed by atoms with E-state index >= 15 is 0 Å². The van der Waals surface area contributed by atoms with E-state index in [9.17, 15) is 8.42 Å². The van der Waals surface area contributed by atoms with Gasteiger partial charge in [-0.15, -0.1) is 0 Å². The fourth-order valence-electron chi connectivity index (χ4n) is 2.62. The summed E-state index contributed by atoms with van der Waals surface area (Å²) >= 11 is 0. The summed E-state index contributed by atoms with van der Waals surface area (Å²) in [6.07, 6.45) is 0.726. The summed E-state index contributed by atoms with van der Waals surface area (Å²) < 4.78 is 27.2. The van der Waals surface area contributed by atoms with Crippen LogP contribution in [0.15, 0.2) is 29.2 Å². The number of hydrogen-bond acceptors (Lipinski definition) is 4. The van der Waals surface area contributed by atoms with Gasteiger partial charge in [0.1, 0.15) is 4.90 Å². The molecule has 0 saturated heterocycles. The van der Waals surface area contributed by atoms with E-state index in [0.717, 1.165) is 17.7 Å². The number of hydrogen-bond donors (Lipinski definition) is 2. The van der Waals surface area contributed by atoms with Gasteiger partial charge in [0.2, 0.25) is 0 Å². The Morgan fingerprint density at radius 2 is 2.15 bits per heavy atom. The van der Waals surface area contributed by atoms with Gasteiger partial charge in [-0.2, -0.15) is 5.10 Å². The fourth-order valence-corrected chi connectivity index (χ4v) is 4.47. The van der Waals surface area contributed by atoms with Crippen LogP contribution < -0.4 is 10.0 Å². The first-order valence-electron chi connectivity index (χ1n) is 6.40. The molecule has 3 N–H and O–H groups in total. The van der Waals surface area contributed by atoms with Gasteiger partial charge >= 0.3 is 0 Å². The minimum atomic E-state index is -3.62. The van der Waals surface area contributed by atoms with Gasteiger partial charge in [0.25, 0.3) is 10.0 Å². The Kier molecular flexibility index (Phi) is 3.02. The minimum Gasteiger partial charge on any atom is -0.325 e. The van der Waals surface area contributed by atoms with Crippen LogP contribution in [0.2, 0.25) is 0 Å². The van der Waals surface area contributed by atoms with Crippen molar-refractivity contribution in [1.29, 1.82) is 0 Å². The summed E-state index contributed by atoms with van der Waals surface area (Å²) in [5.41, 5.74) is 8.29. The molecule has 1 aliphatic heterocycles. The maximum atomic E-state index is 12.9.